The molecule has 0 aliphatic carbocycles. The molecule has 0 aliphatic heterocycles. The minimum absolute atomic E-state index is 0.927. The fourth-order valence-electron chi connectivity index (χ4n) is 9.63. The maximum absolute atomic E-state index is 7.20. The van der Waals surface area contributed by atoms with Crippen LogP contribution in [0.1, 0.15) is 0 Å². The molecule has 0 N–H and O–H groups in total. The molecule has 13 aromatic rings. The second kappa shape index (κ2) is 10.6. The van der Waals surface area contributed by atoms with Gasteiger partial charge in [-0.05, 0) is 104 Å². The Kier molecular flexibility index (Phi) is 5.63. The average molecular weight is 699 g/mol. The topological polar surface area (TPSA) is 23.0 Å². The normalized spacial score (nSPS) is 12.4. The van der Waals surface area contributed by atoms with Gasteiger partial charge < -0.3 is 13.6 Å². The Morgan fingerprint density at radius 1 is 0.273 bits per heavy atom. The molecule has 3 heteroatoms. The van der Waals surface area contributed by atoms with Crippen LogP contribution < -0.4 is 0 Å². The zero-order valence-electron chi connectivity index (χ0n) is 29.6. The fourth-order valence-corrected chi connectivity index (χ4v) is 9.63. The molecule has 55 heavy (non-hydrogen) atoms. The Morgan fingerprint density at radius 2 is 0.655 bits per heavy atom. The van der Waals surface area contributed by atoms with E-state index < -0.39 is 0 Å². The standard InChI is InChI=1S/C52H30N2O/c1-3-11-37-31(9-1)17-19-33-29-35(21-23-39(33)37)53-45-15-7-5-13-43(45)49-47(53)27-25-41-42-26-28-48-50(52(42)55-51(41)49)44-14-6-8-16-46(44)54(48)36-22-24-40-34(30-36)20-18-32-10-2-4-12-38(32)40/h1-30H. The van der Waals surface area contributed by atoms with Crippen LogP contribution in [0, 0.1) is 0 Å². The van der Waals surface area contributed by atoms with Gasteiger partial charge in [0, 0.05) is 32.9 Å². The van der Waals surface area contributed by atoms with Gasteiger partial charge >= 0.3 is 0 Å². The number of fused-ring (bicyclic) bond motifs is 17. The van der Waals surface area contributed by atoms with Crippen LogP contribution in [0.15, 0.2) is 186 Å². The summed E-state index contributed by atoms with van der Waals surface area (Å²) in [6.07, 6.45) is 0. The third kappa shape index (κ3) is 3.89. The van der Waals surface area contributed by atoms with Gasteiger partial charge in [-0.3, -0.25) is 0 Å². The number of hydrogen-bond acceptors (Lipinski definition) is 1. The summed E-state index contributed by atoms with van der Waals surface area (Å²) in [6.45, 7) is 0. The number of furan rings is 1. The highest BCUT2D eigenvalue weighted by atomic mass is 16.3. The van der Waals surface area contributed by atoms with Crippen LogP contribution >= 0.6 is 0 Å². The molecule has 3 heterocycles. The molecule has 0 radical (unpaired) electrons. The van der Waals surface area contributed by atoms with E-state index in [1.807, 2.05) is 0 Å². The molecule has 0 saturated carbocycles. The number of hydrogen-bond donors (Lipinski definition) is 0. The van der Waals surface area contributed by atoms with E-state index in [9.17, 15) is 0 Å². The Labute approximate surface area is 314 Å². The number of para-hydroxylation sites is 2. The predicted molar refractivity (Wildman–Crippen MR) is 232 cm³/mol. The summed E-state index contributed by atoms with van der Waals surface area (Å²) in [6, 6.07) is 66.5. The summed E-state index contributed by atoms with van der Waals surface area (Å²) in [5, 5.41) is 17.0. The summed E-state index contributed by atoms with van der Waals surface area (Å²) in [4.78, 5) is 0. The van der Waals surface area contributed by atoms with Crippen molar-refractivity contribution in [3.63, 3.8) is 0 Å². The molecule has 0 aliphatic rings. The monoisotopic (exact) mass is 698 g/mol. The van der Waals surface area contributed by atoms with Gasteiger partial charge in [-0.15, -0.1) is 0 Å². The molecule has 0 saturated heterocycles. The Hall–Kier alpha value is -7.36. The fraction of sp³-hybridized carbons (Fsp3) is 0. The quantitative estimate of drug-likeness (QED) is 0.165. The van der Waals surface area contributed by atoms with Crippen LogP contribution in [0.25, 0.3) is 120 Å². The van der Waals surface area contributed by atoms with Crippen LogP contribution in [0.4, 0.5) is 0 Å². The van der Waals surface area contributed by atoms with Crippen LogP contribution in [0.5, 0.6) is 0 Å². The van der Waals surface area contributed by atoms with Crippen molar-refractivity contribution in [2.45, 2.75) is 0 Å². The number of benzene rings is 10. The first kappa shape index (κ1) is 29.1. The molecule has 3 nitrogen and oxygen atoms in total. The van der Waals surface area contributed by atoms with Crippen LogP contribution in [-0.2, 0) is 0 Å². The van der Waals surface area contributed by atoms with Crippen molar-refractivity contribution in [1.29, 1.82) is 0 Å². The van der Waals surface area contributed by atoms with Gasteiger partial charge in [0.2, 0.25) is 0 Å². The maximum Gasteiger partial charge on any atom is 0.145 e. The van der Waals surface area contributed by atoms with Gasteiger partial charge in [0.05, 0.1) is 32.8 Å². The zero-order valence-corrected chi connectivity index (χ0v) is 29.6. The van der Waals surface area contributed by atoms with Crippen molar-refractivity contribution >= 4 is 109 Å². The zero-order chi connectivity index (χ0) is 35.8. The van der Waals surface area contributed by atoms with Gasteiger partial charge in [0.1, 0.15) is 11.2 Å². The molecule has 3 aromatic heterocycles. The molecule has 254 valence electrons. The molecule has 13 rings (SSSR count). The first-order valence-electron chi connectivity index (χ1n) is 18.9. The largest absolute Gasteiger partial charge is 0.455 e. The van der Waals surface area contributed by atoms with Gasteiger partial charge in [-0.2, -0.15) is 0 Å². The lowest BCUT2D eigenvalue weighted by Crippen LogP contribution is -1.94. The first-order valence-corrected chi connectivity index (χ1v) is 18.9. The lowest BCUT2D eigenvalue weighted by atomic mass is 10.0. The number of nitrogens with zero attached hydrogens (tertiary/aromatic N) is 2. The van der Waals surface area contributed by atoms with E-state index in [0.29, 0.717) is 0 Å². The van der Waals surface area contributed by atoms with E-state index in [1.54, 1.807) is 0 Å². The number of rotatable bonds is 2. The van der Waals surface area contributed by atoms with Gasteiger partial charge in [-0.25, -0.2) is 0 Å². The van der Waals surface area contributed by atoms with Crippen molar-refractivity contribution in [2.24, 2.45) is 0 Å². The van der Waals surface area contributed by atoms with Crippen LogP contribution in [0.2, 0.25) is 0 Å². The Bertz CT molecular complexity index is 3530. The third-order valence-corrected chi connectivity index (χ3v) is 12.0. The van der Waals surface area contributed by atoms with Crippen molar-refractivity contribution in [3.8, 4) is 11.4 Å². The summed E-state index contributed by atoms with van der Waals surface area (Å²) in [5.41, 5.74) is 8.72. The second-order valence-corrected chi connectivity index (χ2v) is 14.9. The van der Waals surface area contributed by atoms with E-state index in [1.165, 1.54) is 53.9 Å². The van der Waals surface area contributed by atoms with Crippen molar-refractivity contribution in [2.75, 3.05) is 0 Å². The molecule has 0 fully saturated rings. The Morgan fingerprint density at radius 3 is 1.15 bits per heavy atom. The molecule has 0 bridgehead atoms. The summed E-state index contributed by atoms with van der Waals surface area (Å²) in [7, 11) is 0. The molecule has 10 aromatic carbocycles. The molecular formula is C52H30N2O. The van der Waals surface area contributed by atoms with E-state index >= 15 is 0 Å². The third-order valence-electron chi connectivity index (χ3n) is 12.0. The summed E-state index contributed by atoms with van der Waals surface area (Å²) < 4.78 is 12.0. The van der Waals surface area contributed by atoms with E-state index in [-0.39, 0.29) is 0 Å². The van der Waals surface area contributed by atoms with Crippen molar-refractivity contribution in [1.82, 2.24) is 9.13 Å². The molecule has 0 amide bonds. The maximum atomic E-state index is 7.20. The van der Waals surface area contributed by atoms with Crippen molar-refractivity contribution < 1.29 is 4.42 Å². The highest BCUT2D eigenvalue weighted by Gasteiger charge is 2.22. The molecule has 0 spiro atoms. The molecule has 0 unspecified atom stereocenters. The minimum Gasteiger partial charge on any atom is -0.455 e. The van der Waals surface area contributed by atoms with E-state index in [4.69, 9.17) is 4.42 Å². The highest BCUT2D eigenvalue weighted by molar-refractivity contribution is 6.29. The van der Waals surface area contributed by atoms with Gasteiger partial charge in [0.25, 0.3) is 0 Å². The van der Waals surface area contributed by atoms with Crippen molar-refractivity contribution in [3.05, 3.63) is 182 Å². The second-order valence-electron chi connectivity index (χ2n) is 14.9. The lowest BCUT2D eigenvalue weighted by molar-refractivity contribution is 0.677. The Balaban J connectivity index is 1.07. The van der Waals surface area contributed by atoms with E-state index in [0.717, 1.165) is 66.2 Å². The SMILES string of the molecule is c1ccc2c(c1)ccc1cc(-n3c4ccccc4c4c5oc6c(ccc7c6c6ccccc6n7-c6ccc7c(ccc8ccccc87)c6)c5ccc43)ccc12. The predicted octanol–water partition coefficient (Wildman–Crippen LogP) is 14.4. The summed E-state index contributed by atoms with van der Waals surface area (Å²) >= 11 is 0. The smallest absolute Gasteiger partial charge is 0.145 e. The lowest BCUT2D eigenvalue weighted by Gasteiger charge is -2.11. The van der Waals surface area contributed by atoms with Gasteiger partial charge in [-0.1, -0.05) is 121 Å². The summed E-state index contributed by atoms with van der Waals surface area (Å²) in [5.74, 6) is 0. The van der Waals surface area contributed by atoms with Gasteiger partial charge in [0.15, 0.2) is 0 Å². The van der Waals surface area contributed by atoms with E-state index in [2.05, 4.69) is 191 Å². The highest BCUT2D eigenvalue weighted by Crippen LogP contribution is 2.45. The minimum atomic E-state index is 0.927. The molecule has 0 atom stereocenters. The number of aromatic nitrogens is 2. The molecular weight excluding hydrogens is 669 g/mol. The van der Waals surface area contributed by atoms with Crippen LogP contribution in [-0.4, -0.2) is 9.13 Å². The first-order chi connectivity index (χ1) is 27.3. The van der Waals surface area contributed by atoms with Crippen LogP contribution in [0.3, 0.4) is 0 Å². The average Bonchev–Trinajstić information content (AvgIpc) is 3.91.